The van der Waals surface area contributed by atoms with Gasteiger partial charge >= 0.3 is 5.97 Å². The van der Waals surface area contributed by atoms with Crippen molar-refractivity contribution in [3.63, 3.8) is 0 Å². The standard InChI is InChI=1S/C25H28N2O5/c1-18(28)32-22-8-5-7-21(16-22)25(30)27-14-12-19(13-15-27)17-26-24(29)11-10-20-6-3-4-9-23(20)31-2/h3-11,16,19H,12-15,17H2,1-2H3,(H,26,29)/b11-10+. The Balaban J connectivity index is 1.45. The molecule has 168 valence electrons. The van der Waals surface area contributed by atoms with Crippen LogP contribution in [0.4, 0.5) is 0 Å². The normalized spacial score (nSPS) is 14.2. The first-order valence-electron chi connectivity index (χ1n) is 10.6. The minimum atomic E-state index is -0.421. The summed E-state index contributed by atoms with van der Waals surface area (Å²) in [6.07, 6.45) is 4.86. The number of carbonyl (C=O) groups is 3. The van der Waals surface area contributed by atoms with Crippen molar-refractivity contribution in [2.45, 2.75) is 19.8 Å². The third-order valence-corrected chi connectivity index (χ3v) is 5.36. The van der Waals surface area contributed by atoms with E-state index in [1.54, 1.807) is 42.4 Å². The molecule has 7 nitrogen and oxygen atoms in total. The number of rotatable bonds is 7. The number of piperidine rings is 1. The molecule has 0 unspecified atom stereocenters. The van der Waals surface area contributed by atoms with E-state index in [9.17, 15) is 14.4 Å². The van der Waals surface area contributed by atoms with E-state index in [4.69, 9.17) is 9.47 Å². The van der Waals surface area contributed by atoms with E-state index in [1.165, 1.54) is 13.0 Å². The second-order valence-corrected chi connectivity index (χ2v) is 7.68. The quantitative estimate of drug-likeness (QED) is 0.409. The molecular weight excluding hydrogens is 408 g/mol. The van der Waals surface area contributed by atoms with Gasteiger partial charge in [0.2, 0.25) is 5.91 Å². The van der Waals surface area contributed by atoms with Gasteiger partial charge in [0.05, 0.1) is 7.11 Å². The minimum Gasteiger partial charge on any atom is -0.496 e. The van der Waals surface area contributed by atoms with E-state index in [0.717, 1.165) is 18.4 Å². The smallest absolute Gasteiger partial charge is 0.308 e. The second kappa shape index (κ2) is 11.1. The monoisotopic (exact) mass is 436 g/mol. The Kier molecular flexibility index (Phi) is 8.02. The summed E-state index contributed by atoms with van der Waals surface area (Å²) in [5.74, 6) is 0.734. The van der Waals surface area contributed by atoms with E-state index in [-0.39, 0.29) is 11.8 Å². The average molecular weight is 437 g/mol. The number of methoxy groups -OCH3 is 1. The largest absolute Gasteiger partial charge is 0.496 e. The molecule has 1 saturated heterocycles. The summed E-state index contributed by atoms with van der Waals surface area (Å²) in [5.41, 5.74) is 1.34. The van der Waals surface area contributed by atoms with E-state index in [1.807, 2.05) is 24.3 Å². The maximum Gasteiger partial charge on any atom is 0.308 e. The highest BCUT2D eigenvalue weighted by atomic mass is 16.5. The zero-order valence-corrected chi connectivity index (χ0v) is 18.4. The van der Waals surface area contributed by atoms with Gasteiger partial charge in [-0.2, -0.15) is 0 Å². The van der Waals surface area contributed by atoms with E-state index < -0.39 is 5.97 Å². The second-order valence-electron chi connectivity index (χ2n) is 7.68. The van der Waals surface area contributed by atoms with Crippen LogP contribution >= 0.6 is 0 Å². The van der Waals surface area contributed by atoms with Crippen molar-refractivity contribution in [1.82, 2.24) is 10.2 Å². The molecule has 0 saturated carbocycles. The predicted octanol–water partition coefficient (Wildman–Crippen LogP) is 3.30. The van der Waals surface area contributed by atoms with Gasteiger partial charge in [-0.1, -0.05) is 24.3 Å². The van der Waals surface area contributed by atoms with E-state index in [2.05, 4.69) is 5.32 Å². The van der Waals surface area contributed by atoms with Crippen LogP contribution in [0.5, 0.6) is 11.5 Å². The first-order chi connectivity index (χ1) is 15.5. The summed E-state index contributed by atoms with van der Waals surface area (Å²) in [6, 6.07) is 14.2. The predicted molar refractivity (Wildman–Crippen MR) is 121 cm³/mol. The third kappa shape index (κ3) is 6.44. The van der Waals surface area contributed by atoms with Gasteiger partial charge in [0.25, 0.3) is 5.91 Å². The Bertz CT molecular complexity index is 993. The van der Waals surface area contributed by atoms with Crippen LogP contribution in [0.25, 0.3) is 6.08 Å². The first-order valence-corrected chi connectivity index (χ1v) is 10.6. The fourth-order valence-electron chi connectivity index (χ4n) is 3.65. The lowest BCUT2D eigenvalue weighted by molar-refractivity contribution is -0.131. The summed E-state index contributed by atoms with van der Waals surface area (Å²) in [7, 11) is 1.60. The fraction of sp³-hybridized carbons (Fsp3) is 0.320. The lowest BCUT2D eigenvalue weighted by atomic mass is 9.96. The summed E-state index contributed by atoms with van der Waals surface area (Å²) in [6.45, 7) is 3.13. The van der Waals surface area contributed by atoms with Gasteiger partial charge in [0.15, 0.2) is 0 Å². The van der Waals surface area contributed by atoms with Gasteiger partial charge in [0, 0.05) is 43.8 Å². The molecule has 2 aromatic rings. The molecule has 0 spiro atoms. The first kappa shape index (κ1) is 23.1. The molecule has 2 aromatic carbocycles. The summed E-state index contributed by atoms with van der Waals surface area (Å²) < 4.78 is 10.3. The van der Waals surface area contributed by atoms with E-state index in [0.29, 0.717) is 42.6 Å². The van der Waals surface area contributed by atoms with Gasteiger partial charge in [-0.3, -0.25) is 14.4 Å². The van der Waals surface area contributed by atoms with Gasteiger partial charge in [0.1, 0.15) is 11.5 Å². The highest BCUT2D eigenvalue weighted by molar-refractivity contribution is 5.95. The Labute approximate surface area is 188 Å². The van der Waals surface area contributed by atoms with Crippen LogP contribution in [-0.4, -0.2) is 49.4 Å². The number of carbonyl (C=O) groups excluding carboxylic acids is 3. The van der Waals surface area contributed by atoms with Crippen LogP contribution in [0.3, 0.4) is 0 Å². The van der Waals surface area contributed by atoms with E-state index >= 15 is 0 Å². The molecule has 0 aromatic heterocycles. The topological polar surface area (TPSA) is 84.9 Å². The highest BCUT2D eigenvalue weighted by Crippen LogP contribution is 2.21. The number of benzene rings is 2. The molecule has 0 aliphatic carbocycles. The van der Waals surface area contributed by atoms with Crippen LogP contribution in [0, 0.1) is 5.92 Å². The lowest BCUT2D eigenvalue weighted by Crippen LogP contribution is -2.41. The van der Waals surface area contributed by atoms with Crippen molar-refractivity contribution in [2.75, 3.05) is 26.7 Å². The number of ether oxygens (including phenoxy) is 2. The van der Waals surface area contributed by atoms with Crippen molar-refractivity contribution in [3.8, 4) is 11.5 Å². The number of amides is 2. The SMILES string of the molecule is COc1ccccc1/C=C/C(=O)NCC1CCN(C(=O)c2cccc(OC(C)=O)c2)CC1. The molecule has 32 heavy (non-hydrogen) atoms. The third-order valence-electron chi connectivity index (χ3n) is 5.36. The molecule has 2 amide bonds. The van der Waals surface area contributed by atoms with Crippen molar-refractivity contribution in [1.29, 1.82) is 0 Å². The van der Waals surface area contributed by atoms with Crippen molar-refractivity contribution in [2.24, 2.45) is 5.92 Å². The number of hydrogen-bond acceptors (Lipinski definition) is 5. The molecule has 7 heteroatoms. The Morgan fingerprint density at radius 1 is 1.09 bits per heavy atom. The number of para-hydroxylation sites is 1. The van der Waals surface area contributed by atoms with Crippen LogP contribution in [0.15, 0.2) is 54.6 Å². The fourth-order valence-corrected chi connectivity index (χ4v) is 3.65. The Morgan fingerprint density at radius 2 is 1.84 bits per heavy atom. The van der Waals surface area contributed by atoms with Gasteiger partial charge in [-0.25, -0.2) is 0 Å². The zero-order chi connectivity index (χ0) is 22.9. The van der Waals surface area contributed by atoms with Crippen LogP contribution in [0.1, 0.15) is 35.7 Å². The molecule has 0 atom stereocenters. The molecule has 0 radical (unpaired) electrons. The molecule has 1 heterocycles. The number of nitrogens with zero attached hydrogens (tertiary/aromatic N) is 1. The van der Waals surface area contributed by atoms with Crippen LogP contribution < -0.4 is 14.8 Å². The number of esters is 1. The van der Waals surface area contributed by atoms with Gasteiger partial charge in [-0.15, -0.1) is 0 Å². The summed E-state index contributed by atoms with van der Waals surface area (Å²) >= 11 is 0. The highest BCUT2D eigenvalue weighted by Gasteiger charge is 2.24. The Hall–Kier alpha value is -3.61. The summed E-state index contributed by atoms with van der Waals surface area (Å²) in [5, 5.41) is 2.94. The summed E-state index contributed by atoms with van der Waals surface area (Å²) in [4.78, 5) is 37.9. The number of hydrogen-bond donors (Lipinski definition) is 1. The van der Waals surface area contributed by atoms with Crippen LogP contribution in [-0.2, 0) is 9.59 Å². The number of likely N-dealkylation sites (tertiary alicyclic amines) is 1. The number of nitrogens with one attached hydrogen (secondary N) is 1. The molecule has 1 fully saturated rings. The average Bonchev–Trinajstić information content (AvgIpc) is 2.81. The Morgan fingerprint density at radius 3 is 2.56 bits per heavy atom. The molecule has 3 rings (SSSR count). The lowest BCUT2D eigenvalue weighted by Gasteiger charge is -2.32. The molecular formula is C25H28N2O5. The van der Waals surface area contributed by atoms with Crippen molar-refractivity contribution >= 4 is 23.9 Å². The minimum absolute atomic E-state index is 0.0822. The molecule has 1 N–H and O–H groups in total. The van der Waals surface area contributed by atoms with Crippen molar-refractivity contribution < 1.29 is 23.9 Å². The van der Waals surface area contributed by atoms with Gasteiger partial charge < -0.3 is 19.7 Å². The van der Waals surface area contributed by atoms with Crippen LogP contribution in [0.2, 0.25) is 0 Å². The zero-order valence-electron chi connectivity index (χ0n) is 18.4. The molecule has 1 aliphatic rings. The van der Waals surface area contributed by atoms with Crippen molar-refractivity contribution in [3.05, 3.63) is 65.7 Å². The molecule has 0 bridgehead atoms. The maximum atomic E-state index is 12.8. The molecule has 1 aliphatic heterocycles. The maximum absolute atomic E-state index is 12.8. The van der Waals surface area contributed by atoms with Gasteiger partial charge in [-0.05, 0) is 49.1 Å².